The maximum atomic E-state index is 5.97. The van der Waals surface area contributed by atoms with E-state index in [0.717, 1.165) is 38.4 Å². The Hall–Kier alpha value is -0.770. The first kappa shape index (κ1) is 16.3. The summed E-state index contributed by atoms with van der Waals surface area (Å²) < 4.78 is 5.87. The average Bonchev–Trinajstić information content (AvgIpc) is 2.34. The molecule has 1 aromatic carbocycles. The Morgan fingerprint density at radius 3 is 2.89 bits per heavy atom. The van der Waals surface area contributed by atoms with E-state index in [-0.39, 0.29) is 12.4 Å². The lowest BCUT2D eigenvalue weighted by atomic mass is 10.1. The molecule has 1 fully saturated rings. The van der Waals surface area contributed by atoms with Gasteiger partial charge in [0.15, 0.2) is 0 Å². The molecule has 1 saturated heterocycles. The second kappa shape index (κ2) is 7.73. The van der Waals surface area contributed by atoms with Gasteiger partial charge in [0.2, 0.25) is 0 Å². The molecule has 0 radical (unpaired) electrons. The molecule has 4 heteroatoms. The lowest BCUT2D eigenvalue weighted by Crippen LogP contribution is -2.44. The molecule has 0 aromatic heterocycles. The predicted molar refractivity (Wildman–Crippen MR) is 82.3 cm³/mol. The van der Waals surface area contributed by atoms with Crippen molar-refractivity contribution in [1.82, 2.24) is 4.90 Å². The molecular weight excluding hydrogens is 260 g/mol. The fourth-order valence-electron chi connectivity index (χ4n) is 2.44. The van der Waals surface area contributed by atoms with E-state index in [1.807, 2.05) is 0 Å². The maximum absolute atomic E-state index is 5.97. The summed E-state index contributed by atoms with van der Waals surface area (Å²) in [6.45, 7) is 8.07. The highest BCUT2D eigenvalue weighted by Crippen LogP contribution is 2.19. The topological polar surface area (TPSA) is 38.5 Å². The first-order chi connectivity index (χ1) is 8.65. The van der Waals surface area contributed by atoms with E-state index in [1.165, 1.54) is 17.5 Å². The summed E-state index contributed by atoms with van der Waals surface area (Å²) in [6, 6.07) is 6.68. The van der Waals surface area contributed by atoms with Gasteiger partial charge in [-0.1, -0.05) is 12.1 Å². The third kappa shape index (κ3) is 5.01. The molecule has 0 aliphatic carbocycles. The lowest BCUT2D eigenvalue weighted by Gasteiger charge is -2.30. The molecule has 1 unspecified atom stereocenters. The molecular formula is C15H25ClN2O. The van der Waals surface area contributed by atoms with Crippen LogP contribution in [0.4, 0.5) is 0 Å². The van der Waals surface area contributed by atoms with Crippen molar-refractivity contribution in [3.63, 3.8) is 0 Å². The van der Waals surface area contributed by atoms with Gasteiger partial charge in [-0.25, -0.2) is 0 Å². The lowest BCUT2D eigenvalue weighted by molar-refractivity contribution is 0.171. The van der Waals surface area contributed by atoms with E-state index in [2.05, 4.69) is 36.9 Å². The number of ether oxygens (including phenoxy) is 1. The number of aryl methyl sites for hydroxylation is 2. The van der Waals surface area contributed by atoms with Gasteiger partial charge < -0.3 is 10.5 Å². The number of benzene rings is 1. The monoisotopic (exact) mass is 284 g/mol. The van der Waals surface area contributed by atoms with Crippen LogP contribution in [-0.4, -0.2) is 37.2 Å². The van der Waals surface area contributed by atoms with E-state index in [0.29, 0.717) is 6.04 Å². The minimum Gasteiger partial charge on any atom is -0.492 e. The fourth-order valence-corrected chi connectivity index (χ4v) is 2.44. The van der Waals surface area contributed by atoms with Crippen molar-refractivity contribution in [2.75, 3.05) is 26.2 Å². The molecule has 0 spiro atoms. The van der Waals surface area contributed by atoms with E-state index in [4.69, 9.17) is 10.5 Å². The molecule has 1 aliphatic rings. The molecule has 0 saturated carbocycles. The van der Waals surface area contributed by atoms with Crippen LogP contribution in [0.25, 0.3) is 0 Å². The van der Waals surface area contributed by atoms with Gasteiger partial charge in [-0.05, 0) is 50.4 Å². The van der Waals surface area contributed by atoms with Crippen LogP contribution in [-0.2, 0) is 0 Å². The van der Waals surface area contributed by atoms with Crippen molar-refractivity contribution in [1.29, 1.82) is 0 Å². The average molecular weight is 285 g/mol. The molecule has 108 valence electrons. The normalized spacial score (nSPS) is 19.8. The Morgan fingerprint density at radius 2 is 2.16 bits per heavy atom. The van der Waals surface area contributed by atoms with E-state index in [9.17, 15) is 0 Å². The van der Waals surface area contributed by atoms with Crippen molar-refractivity contribution in [2.24, 2.45) is 5.73 Å². The number of nitrogens with two attached hydrogens (primary N) is 1. The molecule has 1 atom stereocenters. The molecule has 3 nitrogen and oxygen atoms in total. The summed E-state index contributed by atoms with van der Waals surface area (Å²) in [4.78, 5) is 2.40. The Bertz CT molecular complexity index is 398. The summed E-state index contributed by atoms with van der Waals surface area (Å²) in [5.41, 5.74) is 8.42. The van der Waals surface area contributed by atoms with Crippen molar-refractivity contribution in [3.05, 3.63) is 29.3 Å². The van der Waals surface area contributed by atoms with Crippen molar-refractivity contribution in [2.45, 2.75) is 32.7 Å². The highest BCUT2D eigenvalue weighted by Gasteiger charge is 2.16. The van der Waals surface area contributed by atoms with Gasteiger partial charge in [0, 0.05) is 19.1 Å². The highest BCUT2D eigenvalue weighted by molar-refractivity contribution is 5.85. The number of hydrogen-bond donors (Lipinski definition) is 1. The van der Waals surface area contributed by atoms with Gasteiger partial charge in [-0.2, -0.15) is 0 Å². The summed E-state index contributed by atoms with van der Waals surface area (Å²) in [6.07, 6.45) is 2.37. The van der Waals surface area contributed by atoms with Crippen LogP contribution in [0.3, 0.4) is 0 Å². The van der Waals surface area contributed by atoms with Crippen molar-refractivity contribution < 1.29 is 4.74 Å². The van der Waals surface area contributed by atoms with Crippen LogP contribution in [0.2, 0.25) is 0 Å². The van der Waals surface area contributed by atoms with E-state index in [1.54, 1.807) is 0 Å². The van der Waals surface area contributed by atoms with Gasteiger partial charge in [0.25, 0.3) is 0 Å². The number of rotatable bonds is 4. The number of likely N-dealkylation sites (tertiary alicyclic amines) is 1. The molecule has 19 heavy (non-hydrogen) atoms. The van der Waals surface area contributed by atoms with Crippen LogP contribution >= 0.6 is 12.4 Å². The summed E-state index contributed by atoms with van der Waals surface area (Å²) in [5.74, 6) is 1.01. The second-order valence-corrected chi connectivity index (χ2v) is 5.32. The van der Waals surface area contributed by atoms with Crippen LogP contribution in [0, 0.1) is 13.8 Å². The standard InChI is InChI=1S/C15H24N2O.ClH/c1-12-5-6-13(2)15(10-12)18-9-8-17-7-3-4-14(16)11-17;/h5-6,10,14H,3-4,7-9,11,16H2,1-2H3;1H. The Balaban J connectivity index is 0.00000180. The Kier molecular flexibility index (Phi) is 6.63. The van der Waals surface area contributed by atoms with Gasteiger partial charge in [-0.15, -0.1) is 12.4 Å². The Morgan fingerprint density at radius 1 is 1.37 bits per heavy atom. The first-order valence-corrected chi connectivity index (χ1v) is 6.83. The van der Waals surface area contributed by atoms with Crippen LogP contribution < -0.4 is 10.5 Å². The maximum Gasteiger partial charge on any atom is 0.122 e. The van der Waals surface area contributed by atoms with E-state index < -0.39 is 0 Å². The van der Waals surface area contributed by atoms with Gasteiger partial charge >= 0.3 is 0 Å². The van der Waals surface area contributed by atoms with Crippen molar-refractivity contribution in [3.8, 4) is 5.75 Å². The molecule has 1 aromatic rings. The van der Waals surface area contributed by atoms with Crippen LogP contribution in [0.15, 0.2) is 18.2 Å². The quantitative estimate of drug-likeness (QED) is 0.923. The number of hydrogen-bond acceptors (Lipinski definition) is 3. The third-order valence-corrected chi connectivity index (χ3v) is 3.55. The SMILES string of the molecule is Cc1ccc(C)c(OCCN2CCCC(N)C2)c1.Cl. The predicted octanol–water partition coefficient (Wildman–Crippen LogP) is 2.53. The van der Waals surface area contributed by atoms with E-state index >= 15 is 0 Å². The molecule has 2 N–H and O–H groups in total. The summed E-state index contributed by atoms with van der Waals surface area (Å²) in [7, 11) is 0. The third-order valence-electron chi connectivity index (χ3n) is 3.55. The number of nitrogens with zero attached hydrogens (tertiary/aromatic N) is 1. The zero-order chi connectivity index (χ0) is 13.0. The minimum absolute atomic E-state index is 0. The molecule has 1 aliphatic heterocycles. The molecule has 0 bridgehead atoms. The highest BCUT2D eigenvalue weighted by atomic mass is 35.5. The first-order valence-electron chi connectivity index (χ1n) is 6.83. The van der Waals surface area contributed by atoms with Crippen molar-refractivity contribution >= 4 is 12.4 Å². The minimum atomic E-state index is 0. The summed E-state index contributed by atoms with van der Waals surface area (Å²) in [5, 5.41) is 0. The van der Waals surface area contributed by atoms with Gasteiger partial charge in [0.05, 0.1) is 0 Å². The zero-order valence-corrected chi connectivity index (χ0v) is 12.7. The largest absolute Gasteiger partial charge is 0.492 e. The van der Waals surface area contributed by atoms with Gasteiger partial charge in [-0.3, -0.25) is 4.90 Å². The number of piperidine rings is 1. The zero-order valence-electron chi connectivity index (χ0n) is 11.9. The molecule has 2 rings (SSSR count). The molecule has 0 amide bonds. The Labute approximate surface area is 122 Å². The second-order valence-electron chi connectivity index (χ2n) is 5.32. The number of halogens is 1. The smallest absolute Gasteiger partial charge is 0.122 e. The summed E-state index contributed by atoms with van der Waals surface area (Å²) >= 11 is 0. The van der Waals surface area contributed by atoms with Crippen LogP contribution in [0.1, 0.15) is 24.0 Å². The molecule has 1 heterocycles. The fraction of sp³-hybridized carbons (Fsp3) is 0.600. The van der Waals surface area contributed by atoms with Crippen LogP contribution in [0.5, 0.6) is 5.75 Å². The van der Waals surface area contributed by atoms with Gasteiger partial charge in [0.1, 0.15) is 12.4 Å².